The van der Waals surface area contributed by atoms with Crippen molar-refractivity contribution in [3.05, 3.63) is 16.1 Å². The van der Waals surface area contributed by atoms with E-state index in [2.05, 4.69) is 10.3 Å². The molecule has 0 spiro atoms. The minimum absolute atomic E-state index is 0.253. The topological polar surface area (TPSA) is 71.5 Å². The number of thiazole rings is 1. The molecule has 0 fully saturated rings. The van der Waals surface area contributed by atoms with E-state index in [-0.39, 0.29) is 6.04 Å². The van der Waals surface area contributed by atoms with Crippen molar-refractivity contribution in [1.29, 1.82) is 0 Å². The average Bonchev–Trinajstić information content (AvgIpc) is 2.84. The van der Waals surface area contributed by atoms with Gasteiger partial charge in [-0.05, 0) is 20.3 Å². The smallest absolute Gasteiger partial charge is 0.0897 e. The molecule has 0 bridgehead atoms. The molecule has 122 valence electrons. The second kappa shape index (κ2) is 10.4. The largest absolute Gasteiger partial charge is 0.389 e. The Morgan fingerprint density at radius 2 is 2.33 bits per heavy atom. The molecular weight excluding hydrogens is 308 g/mol. The van der Waals surface area contributed by atoms with E-state index in [0.29, 0.717) is 25.5 Å². The molecule has 0 aliphatic rings. The van der Waals surface area contributed by atoms with E-state index in [9.17, 15) is 9.32 Å². The highest BCUT2D eigenvalue weighted by Crippen LogP contribution is 2.12. The molecule has 0 aliphatic heterocycles. The van der Waals surface area contributed by atoms with Crippen LogP contribution in [-0.2, 0) is 22.0 Å². The summed E-state index contributed by atoms with van der Waals surface area (Å²) in [7, 11) is -0.755. The van der Waals surface area contributed by atoms with Gasteiger partial charge in [0.15, 0.2) is 0 Å². The number of aromatic nitrogens is 1. The van der Waals surface area contributed by atoms with E-state index < -0.39 is 16.9 Å². The Morgan fingerprint density at radius 1 is 1.57 bits per heavy atom. The maximum atomic E-state index is 11.0. The zero-order chi connectivity index (χ0) is 15.7. The van der Waals surface area contributed by atoms with Gasteiger partial charge in [-0.15, -0.1) is 11.3 Å². The summed E-state index contributed by atoms with van der Waals surface area (Å²) < 4.78 is 16.5. The van der Waals surface area contributed by atoms with Crippen LogP contribution in [-0.4, -0.2) is 58.2 Å². The lowest BCUT2D eigenvalue weighted by atomic mass is 10.2. The van der Waals surface area contributed by atoms with E-state index in [1.807, 2.05) is 19.4 Å². The van der Waals surface area contributed by atoms with Crippen LogP contribution in [0.5, 0.6) is 0 Å². The van der Waals surface area contributed by atoms with Gasteiger partial charge in [0.25, 0.3) is 0 Å². The second-order valence-electron chi connectivity index (χ2n) is 5.21. The summed E-state index contributed by atoms with van der Waals surface area (Å²) >= 11 is 1.64. The third-order valence-corrected chi connectivity index (χ3v) is 4.97. The number of rotatable bonds is 11. The van der Waals surface area contributed by atoms with Crippen LogP contribution in [0.2, 0.25) is 0 Å². The van der Waals surface area contributed by atoms with Crippen LogP contribution in [0.1, 0.15) is 23.9 Å². The van der Waals surface area contributed by atoms with Crippen molar-refractivity contribution in [3.63, 3.8) is 0 Å². The summed E-state index contributed by atoms with van der Waals surface area (Å²) in [6.45, 7) is 5.46. The van der Waals surface area contributed by atoms with Crippen molar-refractivity contribution >= 4 is 22.1 Å². The molecule has 2 N–H and O–H groups in total. The van der Waals surface area contributed by atoms with E-state index >= 15 is 0 Å². The molecule has 3 atom stereocenters. The van der Waals surface area contributed by atoms with E-state index in [1.165, 1.54) is 4.88 Å². The third-order valence-electron chi connectivity index (χ3n) is 3.17. The van der Waals surface area contributed by atoms with Gasteiger partial charge in [-0.3, -0.25) is 4.21 Å². The highest BCUT2D eigenvalue weighted by molar-refractivity contribution is 7.84. The molecular formula is C14H26N2O3S2. The highest BCUT2D eigenvalue weighted by atomic mass is 32.2. The summed E-state index contributed by atoms with van der Waals surface area (Å²) in [5.74, 6) is 0.689. The van der Waals surface area contributed by atoms with Gasteiger partial charge >= 0.3 is 0 Å². The number of hydrogen-bond acceptors (Lipinski definition) is 6. The van der Waals surface area contributed by atoms with E-state index in [1.54, 1.807) is 17.6 Å². The van der Waals surface area contributed by atoms with Crippen LogP contribution in [0, 0.1) is 6.92 Å². The van der Waals surface area contributed by atoms with Crippen LogP contribution < -0.4 is 5.32 Å². The molecule has 7 heteroatoms. The summed E-state index contributed by atoms with van der Waals surface area (Å²) in [5, 5.41) is 13.1. The second-order valence-corrected chi connectivity index (χ2v) is 7.71. The normalized spacial score (nSPS) is 15.8. The minimum Gasteiger partial charge on any atom is -0.389 e. The number of aryl methyl sites for hydroxylation is 1. The first-order valence-corrected chi connectivity index (χ1v) is 9.78. The van der Waals surface area contributed by atoms with Gasteiger partial charge in [0.05, 0.1) is 30.5 Å². The van der Waals surface area contributed by atoms with Crippen molar-refractivity contribution in [3.8, 4) is 0 Å². The Bertz CT molecular complexity index is 426. The molecule has 5 nitrogen and oxygen atoms in total. The Balaban J connectivity index is 2.04. The molecule has 1 aromatic heterocycles. The Kier molecular flexibility index (Phi) is 9.26. The van der Waals surface area contributed by atoms with Crippen LogP contribution in [0.4, 0.5) is 0 Å². The zero-order valence-corrected chi connectivity index (χ0v) is 14.6. The lowest BCUT2D eigenvalue weighted by Gasteiger charge is -2.16. The number of aliphatic hydroxyl groups is 1. The summed E-state index contributed by atoms with van der Waals surface area (Å²) in [4.78, 5) is 5.43. The Morgan fingerprint density at radius 3 is 2.95 bits per heavy atom. The van der Waals surface area contributed by atoms with E-state index in [4.69, 9.17) is 4.74 Å². The Labute approximate surface area is 133 Å². The van der Waals surface area contributed by atoms with Gasteiger partial charge in [0, 0.05) is 46.7 Å². The van der Waals surface area contributed by atoms with Gasteiger partial charge in [0.2, 0.25) is 0 Å². The van der Waals surface area contributed by atoms with E-state index in [0.717, 1.165) is 18.5 Å². The maximum absolute atomic E-state index is 11.0. The first kappa shape index (κ1) is 18.7. The van der Waals surface area contributed by atoms with Gasteiger partial charge in [-0.25, -0.2) is 4.98 Å². The van der Waals surface area contributed by atoms with Gasteiger partial charge < -0.3 is 15.2 Å². The lowest BCUT2D eigenvalue weighted by Crippen LogP contribution is -2.36. The number of ether oxygens (including phenoxy) is 1. The van der Waals surface area contributed by atoms with Crippen molar-refractivity contribution < 1.29 is 14.1 Å². The number of aliphatic hydroxyl groups excluding tert-OH is 1. The minimum atomic E-state index is -0.755. The fraction of sp³-hybridized carbons (Fsp3) is 0.786. The molecule has 1 heterocycles. The predicted molar refractivity (Wildman–Crippen MR) is 88.4 cm³/mol. The number of hydrogen-bond donors (Lipinski definition) is 2. The van der Waals surface area contributed by atoms with Crippen molar-refractivity contribution in [2.75, 3.05) is 31.8 Å². The average molecular weight is 335 g/mol. The molecule has 0 saturated carbocycles. The Hall–Kier alpha value is -0.340. The molecule has 21 heavy (non-hydrogen) atoms. The molecule has 0 aromatic carbocycles. The highest BCUT2D eigenvalue weighted by Gasteiger charge is 2.08. The van der Waals surface area contributed by atoms with Crippen LogP contribution in [0.25, 0.3) is 0 Å². The van der Waals surface area contributed by atoms with Gasteiger partial charge in [-0.2, -0.15) is 0 Å². The quantitative estimate of drug-likeness (QED) is 0.593. The van der Waals surface area contributed by atoms with Crippen molar-refractivity contribution in [2.24, 2.45) is 0 Å². The third kappa shape index (κ3) is 8.63. The molecule has 1 rings (SSSR count). The summed E-state index contributed by atoms with van der Waals surface area (Å²) in [6, 6.07) is 0.253. The van der Waals surface area contributed by atoms with Crippen LogP contribution in [0.3, 0.4) is 0 Å². The fourth-order valence-electron chi connectivity index (χ4n) is 1.79. The van der Waals surface area contributed by atoms with Crippen molar-refractivity contribution in [1.82, 2.24) is 10.3 Å². The zero-order valence-electron chi connectivity index (χ0n) is 13.0. The molecule has 0 aliphatic carbocycles. The standard InChI is InChI=1S/C14H26N2O3S2/c1-11(5-7-21(3)18)15-8-13(17)9-19-6-4-14-12(2)16-10-20-14/h10-11,13,15,17H,4-9H2,1-3H3. The molecule has 3 unspecified atom stereocenters. The first-order valence-electron chi connectivity index (χ1n) is 7.17. The fourth-order valence-corrected chi connectivity index (χ4v) is 3.24. The first-order chi connectivity index (χ1) is 9.99. The molecule has 0 amide bonds. The SMILES string of the molecule is Cc1ncsc1CCOCC(O)CNC(C)CCS(C)=O. The molecule has 0 saturated heterocycles. The van der Waals surface area contributed by atoms with Crippen LogP contribution in [0.15, 0.2) is 5.51 Å². The monoisotopic (exact) mass is 334 g/mol. The van der Waals surface area contributed by atoms with Gasteiger partial charge in [-0.1, -0.05) is 0 Å². The van der Waals surface area contributed by atoms with Gasteiger partial charge in [0.1, 0.15) is 0 Å². The maximum Gasteiger partial charge on any atom is 0.0897 e. The predicted octanol–water partition coefficient (Wildman–Crippen LogP) is 1.12. The lowest BCUT2D eigenvalue weighted by molar-refractivity contribution is 0.0373. The molecule has 0 radical (unpaired) electrons. The summed E-state index contributed by atoms with van der Waals surface area (Å²) in [5.41, 5.74) is 2.90. The number of nitrogens with zero attached hydrogens (tertiary/aromatic N) is 1. The van der Waals surface area contributed by atoms with Crippen LogP contribution >= 0.6 is 11.3 Å². The van der Waals surface area contributed by atoms with Crippen molar-refractivity contribution in [2.45, 2.75) is 38.8 Å². The summed E-state index contributed by atoms with van der Waals surface area (Å²) in [6.07, 6.45) is 2.89. The number of nitrogens with one attached hydrogen (secondary N) is 1. The molecule has 1 aromatic rings.